The number of nitrogens with zero attached hydrogens (tertiary/aromatic N) is 2. The Balaban J connectivity index is 1.91. The Morgan fingerprint density at radius 1 is 1.03 bits per heavy atom. The summed E-state index contributed by atoms with van der Waals surface area (Å²) in [6, 6.07) is 13.4. The number of hydrogen-bond donors (Lipinski definition) is 2. The molecule has 0 saturated carbocycles. The van der Waals surface area contributed by atoms with Gasteiger partial charge in [0.2, 0.25) is 5.91 Å². The average Bonchev–Trinajstić information content (AvgIpc) is 3.06. The van der Waals surface area contributed by atoms with Gasteiger partial charge in [-0.3, -0.25) is 24.3 Å². The van der Waals surface area contributed by atoms with Crippen LogP contribution in [-0.2, 0) is 14.4 Å². The van der Waals surface area contributed by atoms with Crippen LogP contribution in [0.15, 0.2) is 72.6 Å². The third-order valence-corrected chi connectivity index (χ3v) is 5.84. The molecule has 2 heterocycles. The molecule has 3 aromatic rings. The Labute approximate surface area is 199 Å². The first-order valence-electron chi connectivity index (χ1n) is 9.82. The molecule has 4 rings (SSSR count). The van der Waals surface area contributed by atoms with Crippen LogP contribution in [0.1, 0.15) is 24.1 Å². The lowest BCUT2D eigenvalue weighted by Gasteiger charge is -2.25. The zero-order chi connectivity index (χ0) is 23.7. The van der Waals surface area contributed by atoms with Gasteiger partial charge in [-0.25, -0.2) is 0 Å². The molecule has 9 heteroatoms. The molecule has 2 amide bonds. The Bertz CT molecular complexity index is 1310. The van der Waals surface area contributed by atoms with Crippen molar-refractivity contribution < 1.29 is 19.5 Å². The number of anilines is 2. The highest BCUT2D eigenvalue weighted by Gasteiger charge is 2.47. The average molecular weight is 482 g/mol. The quantitative estimate of drug-likeness (QED) is 0.311. The molecule has 1 fully saturated rings. The van der Waals surface area contributed by atoms with Crippen molar-refractivity contribution >= 4 is 57.9 Å². The van der Waals surface area contributed by atoms with Gasteiger partial charge in [0.05, 0.1) is 21.7 Å². The summed E-state index contributed by atoms with van der Waals surface area (Å²) < 4.78 is 0. The van der Waals surface area contributed by atoms with E-state index < -0.39 is 17.7 Å². The summed E-state index contributed by atoms with van der Waals surface area (Å²) in [5.74, 6) is -2.34. The highest BCUT2D eigenvalue weighted by molar-refractivity contribution is 6.51. The number of aromatic nitrogens is 1. The Hall–Kier alpha value is -3.68. The molecule has 1 saturated heterocycles. The van der Waals surface area contributed by atoms with E-state index in [0.29, 0.717) is 16.9 Å². The normalized spacial score (nSPS) is 17.3. The predicted molar refractivity (Wildman–Crippen MR) is 126 cm³/mol. The van der Waals surface area contributed by atoms with Crippen molar-refractivity contribution in [2.75, 3.05) is 10.2 Å². The zero-order valence-corrected chi connectivity index (χ0v) is 18.8. The van der Waals surface area contributed by atoms with Gasteiger partial charge in [0.25, 0.3) is 11.7 Å². The first-order valence-corrected chi connectivity index (χ1v) is 10.6. The number of amides is 2. The number of rotatable bonds is 4. The minimum absolute atomic E-state index is 0.102. The van der Waals surface area contributed by atoms with E-state index in [1.807, 2.05) is 0 Å². The Kier molecular flexibility index (Phi) is 6.18. The van der Waals surface area contributed by atoms with E-state index >= 15 is 0 Å². The lowest BCUT2D eigenvalue weighted by Crippen LogP contribution is -2.29. The number of halogens is 2. The van der Waals surface area contributed by atoms with Gasteiger partial charge in [0.1, 0.15) is 5.76 Å². The molecule has 1 aliphatic rings. The first kappa shape index (κ1) is 22.5. The fraction of sp³-hybridized carbons (Fsp3) is 0.0833. The van der Waals surface area contributed by atoms with Gasteiger partial charge >= 0.3 is 0 Å². The smallest absolute Gasteiger partial charge is 0.300 e. The molecule has 166 valence electrons. The molecule has 0 spiro atoms. The van der Waals surface area contributed by atoms with Gasteiger partial charge in [0.15, 0.2) is 0 Å². The third-order valence-electron chi connectivity index (χ3n) is 5.10. The lowest BCUT2D eigenvalue weighted by molar-refractivity contribution is -0.132. The molecule has 1 atom stereocenters. The van der Waals surface area contributed by atoms with Crippen LogP contribution in [0.25, 0.3) is 5.76 Å². The van der Waals surface area contributed by atoms with Gasteiger partial charge in [0, 0.05) is 36.3 Å². The minimum atomic E-state index is -0.935. The van der Waals surface area contributed by atoms with Crippen LogP contribution in [-0.4, -0.2) is 27.7 Å². The van der Waals surface area contributed by atoms with Crippen LogP contribution in [0.5, 0.6) is 0 Å². The predicted octanol–water partition coefficient (Wildman–Crippen LogP) is 4.97. The summed E-state index contributed by atoms with van der Waals surface area (Å²) in [7, 11) is 0. The molecular formula is C24H17Cl2N3O4. The van der Waals surface area contributed by atoms with Crippen molar-refractivity contribution in [1.29, 1.82) is 0 Å². The number of carbonyl (C=O) groups excluding carboxylic acids is 3. The van der Waals surface area contributed by atoms with Crippen molar-refractivity contribution in [2.24, 2.45) is 0 Å². The maximum Gasteiger partial charge on any atom is 0.300 e. The highest BCUT2D eigenvalue weighted by atomic mass is 35.5. The van der Waals surface area contributed by atoms with Crippen molar-refractivity contribution in [1.82, 2.24) is 4.98 Å². The van der Waals surface area contributed by atoms with Crippen LogP contribution >= 0.6 is 23.2 Å². The summed E-state index contributed by atoms with van der Waals surface area (Å²) >= 11 is 12.1. The second-order valence-electron chi connectivity index (χ2n) is 7.31. The van der Waals surface area contributed by atoms with Crippen LogP contribution in [0.3, 0.4) is 0 Å². The fourth-order valence-corrected chi connectivity index (χ4v) is 3.99. The topological polar surface area (TPSA) is 99.6 Å². The fourth-order valence-electron chi connectivity index (χ4n) is 3.70. The Morgan fingerprint density at radius 3 is 2.42 bits per heavy atom. The third kappa shape index (κ3) is 4.33. The number of Topliss-reactive ketones (excluding diaryl/α,β-unsaturated/α-hetero) is 1. The van der Waals surface area contributed by atoms with E-state index in [2.05, 4.69) is 10.3 Å². The molecule has 1 aromatic heterocycles. The number of carbonyl (C=O) groups is 3. The van der Waals surface area contributed by atoms with Crippen LogP contribution in [0.2, 0.25) is 10.0 Å². The van der Waals surface area contributed by atoms with Gasteiger partial charge < -0.3 is 10.4 Å². The number of benzene rings is 2. The van der Waals surface area contributed by atoms with Gasteiger partial charge in [-0.15, -0.1) is 0 Å². The van der Waals surface area contributed by atoms with E-state index in [9.17, 15) is 19.5 Å². The largest absolute Gasteiger partial charge is 0.507 e. The van der Waals surface area contributed by atoms with E-state index in [-0.39, 0.29) is 32.8 Å². The number of aliphatic hydroxyl groups excluding tert-OH is 1. The van der Waals surface area contributed by atoms with Crippen LogP contribution in [0, 0.1) is 0 Å². The molecule has 33 heavy (non-hydrogen) atoms. The molecule has 2 N–H and O–H groups in total. The zero-order valence-electron chi connectivity index (χ0n) is 17.3. The molecular weight excluding hydrogens is 465 g/mol. The number of pyridine rings is 1. The molecule has 1 aliphatic heterocycles. The van der Waals surface area contributed by atoms with Crippen LogP contribution < -0.4 is 10.2 Å². The maximum atomic E-state index is 13.2. The summed E-state index contributed by atoms with van der Waals surface area (Å²) in [6.45, 7) is 1.37. The first-order chi connectivity index (χ1) is 15.8. The standard InChI is InChI=1S/C24H17Cl2N3O4/c1-13(30)28-16-3-2-4-17(12-16)29-21(14-7-9-27-10-8-14)20(23(32)24(29)33)22(31)15-5-6-18(25)19(26)11-15/h2-12,21,31H,1H3,(H,28,30)/b22-20+. The van der Waals surface area contributed by atoms with Crippen molar-refractivity contribution in [3.05, 3.63) is 93.7 Å². The van der Waals surface area contributed by atoms with Crippen LogP contribution in [0.4, 0.5) is 11.4 Å². The van der Waals surface area contributed by atoms with E-state index in [1.54, 1.807) is 36.4 Å². The second kappa shape index (κ2) is 9.05. The number of ketones is 1. The molecule has 0 bridgehead atoms. The van der Waals surface area contributed by atoms with E-state index in [1.165, 1.54) is 42.4 Å². The van der Waals surface area contributed by atoms with E-state index in [4.69, 9.17) is 23.2 Å². The number of aliphatic hydroxyl groups is 1. The maximum absolute atomic E-state index is 13.2. The summed E-state index contributed by atoms with van der Waals surface area (Å²) in [6.07, 6.45) is 3.06. The van der Waals surface area contributed by atoms with Crippen molar-refractivity contribution in [3.8, 4) is 0 Å². The van der Waals surface area contributed by atoms with Gasteiger partial charge in [-0.1, -0.05) is 29.3 Å². The second-order valence-corrected chi connectivity index (χ2v) is 8.12. The van der Waals surface area contributed by atoms with E-state index in [0.717, 1.165) is 0 Å². The summed E-state index contributed by atoms with van der Waals surface area (Å²) in [4.78, 5) is 43.1. The molecule has 2 aromatic carbocycles. The summed E-state index contributed by atoms with van der Waals surface area (Å²) in [5, 5.41) is 14.2. The monoisotopic (exact) mass is 481 g/mol. The Morgan fingerprint density at radius 2 is 1.76 bits per heavy atom. The lowest BCUT2D eigenvalue weighted by atomic mass is 9.96. The summed E-state index contributed by atoms with van der Waals surface area (Å²) in [5.41, 5.74) is 1.54. The number of nitrogens with one attached hydrogen (secondary N) is 1. The van der Waals surface area contributed by atoms with Crippen molar-refractivity contribution in [2.45, 2.75) is 13.0 Å². The van der Waals surface area contributed by atoms with Gasteiger partial charge in [-0.05, 0) is 54.1 Å². The minimum Gasteiger partial charge on any atom is -0.507 e. The highest BCUT2D eigenvalue weighted by Crippen LogP contribution is 2.42. The SMILES string of the molecule is CC(=O)Nc1cccc(N2C(=O)C(=O)/C(=C(/O)c3ccc(Cl)c(Cl)c3)C2c2ccncc2)c1. The molecule has 7 nitrogen and oxygen atoms in total. The number of hydrogen-bond acceptors (Lipinski definition) is 5. The van der Waals surface area contributed by atoms with Gasteiger partial charge in [-0.2, -0.15) is 0 Å². The molecule has 1 unspecified atom stereocenters. The van der Waals surface area contributed by atoms with Crippen molar-refractivity contribution in [3.63, 3.8) is 0 Å². The molecule has 0 aliphatic carbocycles. The molecule has 0 radical (unpaired) electrons.